The van der Waals surface area contributed by atoms with Crippen LogP contribution < -0.4 is 0 Å². The normalized spacial score (nSPS) is 12.2. The van der Waals surface area contributed by atoms with Gasteiger partial charge in [-0.15, -0.1) is 0 Å². The van der Waals surface area contributed by atoms with Gasteiger partial charge in [0.05, 0.1) is 6.42 Å². The van der Waals surface area contributed by atoms with Crippen LogP contribution in [0, 0.1) is 5.92 Å². The van der Waals surface area contributed by atoms with Gasteiger partial charge in [0.1, 0.15) is 0 Å². The smallest absolute Gasteiger partial charge is 0.304 e. The molecule has 15 heavy (non-hydrogen) atoms. The van der Waals surface area contributed by atoms with Gasteiger partial charge in [0.2, 0.25) is 5.91 Å². The summed E-state index contributed by atoms with van der Waals surface area (Å²) >= 11 is 0. The highest BCUT2D eigenvalue weighted by atomic mass is 16.4. The molecule has 0 aromatic heterocycles. The summed E-state index contributed by atoms with van der Waals surface area (Å²) in [6.45, 7) is 4.48. The van der Waals surface area contributed by atoms with Crippen LogP contribution in [0.4, 0.5) is 0 Å². The van der Waals surface area contributed by atoms with E-state index < -0.39 is 11.9 Å². The van der Waals surface area contributed by atoms with Gasteiger partial charge >= 0.3 is 5.97 Å². The first-order valence-corrected chi connectivity index (χ1v) is 5.45. The van der Waals surface area contributed by atoms with Crippen LogP contribution in [-0.2, 0) is 9.59 Å². The van der Waals surface area contributed by atoms with Gasteiger partial charge in [-0.3, -0.25) is 9.59 Å². The van der Waals surface area contributed by atoms with E-state index in [0.717, 1.165) is 25.8 Å². The first-order chi connectivity index (χ1) is 6.99. The Hall–Kier alpha value is -1.06. The quantitative estimate of drug-likeness (QED) is 0.658. The van der Waals surface area contributed by atoms with Crippen molar-refractivity contribution in [2.75, 3.05) is 13.6 Å². The molecule has 0 aliphatic carbocycles. The molecule has 1 N–H and O–H groups in total. The molecular formula is C11H21NO3. The number of aliphatic carboxylic acids is 1. The highest BCUT2D eigenvalue weighted by Gasteiger charge is 2.19. The minimum absolute atomic E-state index is 0.0755. The number of carbonyl (C=O) groups is 2. The van der Waals surface area contributed by atoms with E-state index in [0.29, 0.717) is 0 Å². The third-order valence-corrected chi connectivity index (χ3v) is 2.38. The van der Waals surface area contributed by atoms with Crippen molar-refractivity contribution in [1.29, 1.82) is 0 Å². The molecule has 1 atom stereocenters. The fourth-order valence-electron chi connectivity index (χ4n) is 1.43. The van der Waals surface area contributed by atoms with E-state index in [4.69, 9.17) is 5.11 Å². The Balaban J connectivity index is 3.90. The summed E-state index contributed by atoms with van der Waals surface area (Å²) in [7, 11) is 1.73. The van der Waals surface area contributed by atoms with Gasteiger partial charge in [-0.2, -0.15) is 0 Å². The number of carboxylic acid groups (broad SMARTS) is 1. The van der Waals surface area contributed by atoms with Crippen LogP contribution in [0.2, 0.25) is 0 Å². The predicted octanol–water partition coefficient (Wildman–Crippen LogP) is 1.75. The molecule has 0 radical (unpaired) electrons. The second-order valence-corrected chi connectivity index (χ2v) is 3.97. The minimum Gasteiger partial charge on any atom is -0.481 e. The Labute approximate surface area is 91.3 Å². The number of carbonyl (C=O) groups excluding carboxylic acids is 1. The van der Waals surface area contributed by atoms with E-state index in [9.17, 15) is 9.59 Å². The largest absolute Gasteiger partial charge is 0.481 e. The Bertz CT molecular complexity index is 216. The average molecular weight is 215 g/mol. The molecule has 1 amide bonds. The van der Waals surface area contributed by atoms with Gasteiger partial charge in [0.25, 0.3) is 0 Å². The fourth-order valence-corrected chi connectivity index (χ4v) is 1.43. The zero-order valence-corrected chi connectivity index (χ0v) is 9.82. The number of amides is 1. The van der Waals surface area contributed by atoms with Crippen LogP contribution >= 0.6 is 0 Å². The SMILES string of the molecule is CCCCCN(C)C(=O)C(C)CC(=O)O. The van der Waals surface area contributed by atoms with Crippen molar-refractivity contribution < 1.29 is 14.7 Å². The third-order valence-electron chi connectivity index (χ3n) is 2.38. The topological polar surface area (TPSA) is 57.6 Å². The van der Waals surface area contributed by atoms with E-state index in [2.05, 4.69) is 6.92 Å². The lowest BCUT2D eigenvalue weighted by molar-refractivity contribution is -0.143. The monoisotopic (exact) mass is 215 g/mol. The number of unbranched alkanes of at least 4 members (excludes halogenated alkanes) is 2. The molecule has 4 heteroatoms. The molecule has 0 saturated heterocycles. The summed E-state index contributed by atoms with van der Waals surface area (Å²) in [5.74, 6) is -1.42. The van der Waals surface area contributed by atoms with Crippen molar-refractivity contribution in [3.05, 3.63) is 0 Å². The molecule has 0 fully saturated rings. The summed E-state index contributed by atoms with van der Waals surface area (Å²) in [6, 6.07) is 0. The lowest BCUT2D eigenvalue weighted by Gasteiger charge is -2.20. The van der Waals surface area contributed by atoms with E-state index in [1.54, 1.807) is 18.9 Å². The second kappa shape index (κ2) is 7.26. The standard InChI is InChI=1S/C11H21NO3/c1-4-5-6-7-12(3)11(15)9(2)8-10(13)14/h9H,4-8H2,1-3H3,(H,13,14). The molecule has 0 bridgehead atoms. The van der Waals surface area contributed by atoms with Gasteiger partial charge in [0, 0.05) is 19.5 Å². The van der Waals surface area contributed by atoms with Gasteiger partial charge < -0.3 is 10.0 Å². The minimum atomic E-state index is -0.919. The van der Waals surface area contributed by atoms with Crippen molar-refractivity contribution in [2.24, 2.45) is 5.92 Å². The van der Waals surface area contributed by atoms with Crippen LogP contribution in [0.15, 0.2) is 0 Å². The zero-order chi connectivity index (χ0) is 11.8. The second-order valence-electron chi connectivity index (χ2n) is 3.97. The zero-order valence-electron chi connectivity index (χ0n) is 9.82. The molecule has 0 aromatic rings. The molecule has 88 valence electrons. The molecule has 0 saturated carbocycles. The van der Waals surface area contributed by atoms with Crippen LogP contribution in [0.1, 0.15) is 39.5 Å². The fraction of sp³-hybridized carbons (Fsp3) is 0.818. The number of carboxylic acids is 1. The Morgan fingerprint density at radius 1 is 1.33 bits per heavy atom. The molecular weight excluding hydrogens is 194 g/mol. The van der Waals surface area contributed by atoms with Gasteiger partial charge in [-0.25, -0.2) is 0 Å². The maximum absolute atomic E-state index is 11.6. The molecule has 0 aliphatic heterocycles. The van der Waals surface area contributed by atoms with E-state index >= 15 is 0 Å². The third kappa shape index (κ3) is 6.10. The molecule has 0 heterocycles. The molecule has 0 aliphatic rings. The Morgan fingerprint density at radius 3 is 2.40 bits per heavy atom. The summed E-state index contributed by atoms with van der Waals surface area (Å²) < 4.78 is 0. The molecule has 0 aromatic carbocycles. The van der Waals surface area contributed by atoms with E-state index in [1.807, 2.05) is 0 Å². The van der Waals surface area contributed by atoms with Gasteiger partial charge in [0.15, 0.2) is 0 Å². The van der Waals surface area contributed by atoms with E-state index in [-0.39, 0.29) is 12.3 Å². The van der Waals surface area contributed by atoms with Crippen molar-refractivity contribution >= 4 is 11.9 Å². The lowest BCUT2D eigenvalue weighted by atomic mass is 10.1. The van der Waals surface area contributed by atoms with Crippen LogP contribution in [0.5, 0.6) is 0 Å². The van der Waals surface area contributed by atoms with Crippen LogP contribution in [0.3, 0.4) is 0 Å². The number of rotatable bonds is 7. The van der Waals surface area contributed by atoms with Crippen LogP contribution in [0.25, 0.3) is 0 Å². The molecule has 4 nitrogen and oxygen atoms in total. The number of hydrogen-bond donors (Lipinski definition) is 1. The highest BCUT2D eigenvalue weighted by molar-refractivity contribution is 5.82. The molecule has 0 rings (SSSR count). The summed E-state index contributed by atoms with van der Waals surface area (Å²) in [5, 5.41) is 8.56. The van der Waals surface area contributed by atoms with E-state index in [1.165, 1.54) is 0 Å². The maximum Gasteiger partial charge on any atom is 0.304 e. The van der Waals surface area contributed by atoms with Crippen molar-refractivity contribution in [3.63, 3.8) is 0 Å². The van der Waals surface area contributed by atoms with Gasteiger partial charge in [-0.05, 0) is 6.42 Å². The molecule has 0 spiro atoms. The van der Waals surface area contributed by atoms with Crippen molar-refractivity contribution in [1.82, 2.24) is 4.90 Å². The van der Waals surface area contributed by atoms with Crippen molar-refractivity contribution in [2.45, 2.75) is 39.5 Å². The predicted molar refractivity (Wildman–Crippen MR) is 58.6 cm³/mol. The Morgan fingerprint density at radius 2 is 1.93 bits per heavy atom. The van der Waals surface area contributed by atoms with Gasteiger partial charge in [-0.1, -0.05) is 26.7 Å². The first-order valence-electron chi connectivity index (χ1n) is 5.45. The summed E-state index contributed by atoms with van der Waals surface area (Å²) in [4.78, 5) is 23.7. The summed E-state index contributed by atoms with van der Waals surface area (Å²) in [5.41, 5.74) is 0. The average Bonchev–Trinajstić information content (AvgIpc) is 2.15. The highest BCUT2D eigenvalue weighted by Crippen LogP contribution is 2.07. The number of nitrogens with zero attached hydrogens (tertiary/aromatic N) is 1. The lowest BCUT2D eigenvalue weighted by Crippen LogP contribution is -2.33. The summed E-state index contributed by atoms with van der Waals surface area (Å²) in [6.07, 6.45) is 3.12. The number of hydrogen-bond acceptors (Lipinski definition) is 2. The Kier molecular flexibility index (Phi) is 6.75. The first kappa shape index (κ1) is 13.9. The molecule has 1 unspecified atom stereocenters. The van der Waals surface area contributed by atoms with Crippen LogP contribution in [-0.4, -0.2) is 35.5 Å². The van der Waals surface area contributed by atoms with Crippen molar-refractivity contribution in [3.8, 4) is 0 Å². The maximum atomic E-state index is 11.6.